The van der Waals surface area contributed by atoms with Gasteiger partial charge in [0.2, 0.25) is 10.0 Å². The number of amides is 1. The predicted octanol–water partition coefficient (Wildman–Crippen LogP) is 4.06. The predicted molar refractivity (Wildman–Crippen MR) is 124 cm³/mol. The first-order valence-corrected chi connectivity index (χ1v) is 12.0. The molecule has 3 rings (SSSR count). The van der Waals surface area contributed by atoms with E-state index < -0.39 is 44.2 Å². The minimum Gasteiger partial charge on any atom is -0.444 e. The van der Waals surface area contributed by atoms with E-state index in [1.165, 1.54) is 39.6 Å². The van der Waals surface area contributed by atoms with E-state index in [0.717, 1.165) is 12.1 Å². The van der Waals surface area contributed by atoms with Crippen molar-refractivity contribution in [3.63, 3.8) is 0 Å². The van der Waals surface area contributed by atoms with E-state index in [2.05, 4.69) is 0 Å². The van der Waals surface area contributed by atoms with Gasteiger partial charge in [0.25, 0.3) is 5.69 Å². The average Bonchev–Trinajstić information content (AvgIpc) is 2.77. The first-order chi connectivity index (χ1) is 15.9. The molecule has 1 fully saturated rings. The topological polar surface area (TPSA) is 110 Å². The quantitative estimate of drug-likeness (QED) is 0.461. The van der Waals surface area contributed by atoms with Crippen molar-refractivity contribution in [2.24, 2.45) is 0 Å². The maximum atomic E-state index is 14.4. The molecule has 1 saturated heterocycles. The van der Waals surface area contributed by atoms with Crippen LogP contribution in [0.4, 0.5) is 14.9 Å². The molecule has 0 aliphatic carbocycles. The summed E-state index contributed by atoms with van der Waals surface area (Å²) >= 11 is 0. The molecule has 1 aliphatic rings. The minimum atomic E-state index is -3.96. The Bertz CT molecular complexity index is 1190. The van der Waals surface area contributed by atoms with Gasteiger partial charge in [-0.05, 0) is 45.0 Å². The number of halogens is 1. The van der Waals surface area contributed by atoms with E-state index in [1.54, 1.807) is 39.0 Å². The van der Waals surface area contributed by atoms with Gasteiger partial charge in [0.05, 0.1) is 21.4 Å². The third-order valence-electron chi connectivity index (χ3n) is 5.08. The van der Waals surface area contributed by atoms with Gasteiger partial charge in [-0.15, -0.1) is 0 Å². The fourth-order valence-corrected chi connectivity index (χ4v) is 5.11. The standard InChI is InChI=1S/C23H26FN3O6S/c1-23(2,3)33-22(28)25-14-15-26(34(31,32)18-8-5-4-6-9-18)17(16-25)12-13-19-20(24)10-7-11-21(19)27(29)30/h4-13,17H,14-16H2,1-3H3. The van der Waals surface area contributed by atoms with Crippen molar-refractivity contribution in [1.82, 2.24) is 9.21 Å². The Morgan fingerprint density at radius 1 is 1.15 bits per heavy atom. The summed E-state index contributed by atoms with van der Waals surface area (Å²) in [5.74, 6) is -0.817. The Balaban J connectivity index is 1.99. The number of nitro benzene ring substituents is 1. The van der Waals surface area contributed by atoms with Crippen LogP contribution in [0.3, 0.4) is 0 Å². The number of nitro groups is 1. The highest BCUT2D eigenvalue weighted by Crippen LogP contribution is 2.27. The van der Waals surface area contributed by atoms with Gasteiger partial charge in [-0.2, -0.15) is 4.31 Å². The van der Waals surface area contributed by atoms with Gasteiger partial charge in [0, 0.05) is 25.7 Å². The van der Waals surface area contributed by atoms with Crippen molar-refractivity contribution in [3.8, 4) is 0 Å². The number of hydrogen-bond acceptors (Lipinski definition) is 6. The molecule has 2 aromatic carbocycles. The van der Waals surface area contributed by atoms with Crippen LogP contribution in [0.5, 0.6) is 0 Å². The molecule has 1 aliphatic heterocycles. The number of ether oxygens (including phenoxy) is 1. The third kappa shape index (κ3) is 5.78. The molecule has 0 bridgehead atoms. The lowest BCUT2D eigenvalue weighted by atomic mass is 10.1. The number of nitrogens with zero attached hydrogens (tertiary/aromatic N) is 3. The summed E-state index contributed by atoms with van der Waals surface area (Å²) in [5.41, 5.74) is -1.48. The largest absolute Gasteiger partial charge is 0.444 e. The highest BCUT2D eigenvalue weighted by molar-refractivity contribution is 7.89. The average molecular weight is 492 g/mol. The van der Waals surface area contributed by atoms with Crippen LogP contribution >= 0.6 is 0 Å². The first kappa shape index (κ1) is 25.3. The maximum absolute atomic E-state index is 14.4. The van der Waals surface area contributed by atoms with Gasteiger partial charge >= 0.3 is 6.09 Å². The lowest BCUT2D eigenvalue weighted by Crippen LogP contribution is -2.56. The van der Waals surface area contributed by atoms with E-state index in [-0.39, 0.29) is 30.1 Å². The summed E-state index contributed by atoms with van der Waals surface area (Å²) in [7, 11) is -3.96. The molecule has 34 heavy (non-hydrogen) atoms. The van der Waals surface area contributed by atoms with Crippen LogP contribution in [-0.2, 0) is 14.8 Å². The van der Waals surface area contributed by atoms with Crippen LogP contribution in [0.2, 0.25) is 0 Å². The highest BCUT2D eigenvalue weighted by atomic mass is 32.2. The Hall–Kier alpha value is -3.31. The van der Waals surface area contributed by atoms with Crippen molar-refractivity contribution in [2.75, 3.05) is 19.6 Å². The second-order valence-corrected chi connectivity index (χ2v) is 10.6. The van der Waals surface area contributed by atoms with Crippen molar-refractivity contribution >= 4 is 27.9 Å². The molecular formula is C23H26FN3O6S. The van der Waals surface area contributed by atoms with Gasteiger partial charge in [-0.25, -0.2) is 17.6 Å². The molecule has 9 nitrogen and oxygen atoms in total. The summed E-state index contributed by atoms with van der Waals surface area (Å²) < 4.78 is 47.7. The molecule has 1 amide bonds. The van der Waals surface area contributed by atoms with Crippen LogP contribution in [0.15, 0.2) is 59.5 Å². The van der Waals surface area contributed by atoms with E-state index in [4.69, 9.17) is 4.74 Å². The van der Waals surface area contributed by atoms with E-state index in [0.29, 0.717) is 0 Å². The smallest absolute Gasteiger partial charge is 0.410 e. The van der Waals surface area contributed by atoms with Gasteiger partial charge in [-0.1, -0.05) is 30.3 Å². The van der Waals surface area contributed by atoms with Gasteiger partial charge in [-0.3, -0.25) is 10.1 Å². The molecule has 11 heteroatoms. The molecule has 182 valence electrons. The summed E-state index contributed by atoms with van der Waals surface area (Å²) in [6.45, 7) is 5.14. The Labute approximate surface area is 197 Å². The van der Waals surface area contributed by atoms with Gasteiger partial charge in [0.15, 0.2) is 0 Å². The lowest BCUT2D eigenvalue weighted by molar-refractivity contribution is -0.385. The number of carbonyl (C=O) groups is 1. The zero-order valence-corrected chi connectivity index (χ0v) is 19.9. The van der Waals surface area contributed by atoms with E-state index in [1.807, 2.05) is 0 Å². The molecule has 1 unspecified atom stereocenters. The van der Waals surface area contributed by atoms with Gasteiger partial charge < -0.3 is 9.64 Å². The summed E-state index contributed by atoms with van der Waals surface area (Å²) in [6.07, 6.45) is 1.94. The second-order valence-electron chi connectivity index (χ2n) is 8.71. The summed E-state index contributed by atoms with van der Waals surface area (Å²) in [4.78, 5) is 24.7. The molecular weight excluding hydrogens is 465 g/mol. The Morgan fingerprint density at radius 2 is 1.82 bits per heavy atom. The maximum Gasteiger partial charge on any atom is 0.410 e. The number of sulfonamides is 1. The molecule has 0 radical (unpaired) electrons. The number of rotatable bonds is 5. The SMILES string of the molecule is CC(C)(C)OC(=O)N1CCN(S(=O)(=O)c2ccccc2)C(C=Cc2c(F)cccc2[N+](=O)[O-])C1. The summed E-state index contributed by atoms with van der Waals surface area (Å²) in [6, 6.07) is 10.3. The number of carbonyl (C=O) groups excluding carboxylic acids is 1. The van der Waals surface area contributed by atoms with Crippen molar-refractivity contribution in [1.29, 1.82) is 0 Å². The molecule has 0 aromatic heterocycles. The summed E-state index contributed by atoms with van der Waals surface area (Å²) in [5, 5.41) is 11.3. The van der Waals surface area contributed by atoms with Crippen molar-refractivity contribution in [2.45, 2.75) is 37.3 Å². The molecule has 1 heterocycles. The highest BCUT2D eigenvalue weighted by Gasteiger charge is 2.37. The fourth-order valence-electron chi connectivity index (χ4n) is 3.53. The number of benzene rings is 2. The number of hydrogen-bond donors (Lipinski definition) is 0. The molecule has 0 N–H and O–H groups in total. The number of piperazine rings is 1. The molecule has 0 saturated carbocycles. The second kappa shape index (κ2) is 9.90. The van der Waals surface area contributed by atoms with E-state index >= 15 is 0 Å². The van der Waals surface area contributed by atoms with Gasteiger partial charge in [0.1, 0.15) is 11.4 Å². The van der Waals surface area contributed by atoms with Crippen molar-refractivity contribution < 1.29 is 27.3 Å². The van der Waals surface area contributed by atoms with Crippen molar-refractivity contribution in [3.05, 3.63) is 76.1 Å². The van der Waals surface area contributed by atoms with Crippen LogP contribution in [-0.4, -0.2) is 59.9 Å². The minimum absolute atomic E-state index is 0.0369. The van der Waals surface area contributed by atoms with Crippen LogP contribution < -0.4 is 0 Å². The zero-order chi connectivity index (χ0) is 25.1. The lowest BCUT2D eigenvalue weighted by Gasteiger charge is -2.39. The zero-order valence-electron chi connectivity index (χ0n) is 19.0. The Morgan fingerprint density at radius 3 is 2.44 bits per heavy atom. The fraction of sp³-hybridized carbons (Fsp3) is 0.348. The molecule has 1 atom stereocenters. The van der Waals surface area contributed by atoms with Crippen LogP contribution in [0, 0.1) is 15.9 Å². The van der Waals surface area contributed by atoms with Crippen LogP contribution in [0.25, 0.3) is 6.08 Å². The molecule has 2 aromatic rings. The van der Waals surface area contributed by atoms with Crippen LogP contribution in [0.1, 0.15) is 26.3 Å². The normalized spacial score (nSPS) is 17.6. The van der Waals surface area contributed by atoms with E-state index in [9.17, 15) is 27.7 Å². The first-order valence-electron chi connectivity index (χ1n) is 10.6. The Kier molecular flexibility index (Phi) is 7.37. The monoisotopic (exact) mass is 491 g/mol. The molecule has 0 spiro atoms. The third-order valence-corrected chi connectivity index (χ3v) is 7.02.